The summed E-state index contributed by atoms with van der Waals surface area (Å²) in [7, 11) is 0. The van der Waals surface area contributed by atoms with Gasteiger partial charge < -0.3 is 0 Å². The van der Waals surface area contributed by atoms with Crippen LogP contribution in [0.15, 0.2) is 0 Å². The summed E-state index contributed by atoms with van der Waals surface area (Å²) in [4.78, 5) is 0. The van der Waals surface area contributed by atoms with Crippen LogP contribution in [0.4, 0.5) is 0 Å². The van der Waals surface area contributed by atoms with Crippen LogP contribution in [-0.2, 0) is 0 Å². The van der Waals surface area contributed by atoms with Gasteiger partial charge in [0, 0.05) is 24.4 Å². The van der Waals surface area contributed by atoms with Crippen molar-refractivity contribution in [2.75, 3.05) is 0 Å². The van der Waals surface area contributed by atoms with Crippen molar-refractivity contribution < 1.29 is 0 Å². The minimum Gasteiger partial charge on any atom is -0.170 e. The lowest BCUT2D eigenvalue weighted by Gasteiger charge is -3.30. The molecule has 11 saturated carbocycles. The number of fused-ring (bicyclic) bond motifs is 7. The van der Waals surface area contributed by atoms with E-state index in [4.69, 9.17) is 12.6 Å². The lowest BCUT2D eigenvalue weighted by Crippen LogP contribution is -3.32. The minimum atomic E-state index is 0.472. The maximum absolute atomic E-state index is 5.55. The molecule has 11 fully saturated rings. The van der Waals surface area contributed by atoms with Crippen LogP contribution in [0.5, 0.6) is 0 Å². The van der Waals surface area contributed by atoms with Crippen LogP contribution in [0.1, 0.15) is 32.1 Å². The summed E-state index contributed by atoms with van der Waals surface area (Å²) in [5.41, 5.74) is 4.44. The average molecular weight is 544 g/mol. The van der Waals surface area contributed by atoms with Crippen molar-refractivity contribution >= 4 is 57.8 Å². The van der Waals surface area contributed by atoms with Gasteiger partial charge >= 0.3 is 0 Å². The first-order valence-electron chi connectivity index (χ1n) is 10.1. The monoisotopic (exact) mass is 544 g/mol. The van der Waals surface area contributed by atoms with Crippen LogP contribution in [0, 0.1) is 68.5 Å². The van der Waals surface area contributed by atoms with Crippen molar-refractivity contribution in [1.29, 1.82) is 0 Å². The van der Waals surface area contributed by atoms with Crippen LogP contribution >= 0.6 is 57.8 Å². The van der Waals surface area contributed by atoms with Gasteiger partial charge in [0.15, 0.2) is 0 Å². The van der Waals surface area contributed by atoms with Crippen molar-refractivity contribution in [2.24, 2.45) is 68.5 Å². The van der Waals surface area contributed by atoms with E-state index in [0.717, 1.165) is 44.8 Å². The highest BCUT2D eigenvalue weighted by Gasteiger charge is 3.31. The number of alkyl halides is 2. The molecule has 5 spiro atoms. The van der Waals surface area contributed by atoms with Gasteiger partial charge in [-0.25, -0.2) is 0 Å². The summed E-state index contributed by atoms with van der Waals surface area (Å²) in [6.45, 7) is 0. The van der Waals surface area contributed by atoms with Gasteiger partial charge in [0.25, 0.3) is 0 Å². The molecule has 0 aromatic heterocycles. The third-order valence-electron chi connectivity index (χ3n) is 14.3. The Balaban J connectivity index is 1.31. The SMILES string of the molecule is SC12CC3CC4C5C6C7C8CCC89CC8C%10(I)C1(I)C5(C342)C6%10C789. The molecule has 0 aromatic carbocycles. The molecule has 0 bridgehead atoms. The molecule has 0 heterocycles. The third-order valence-corrected chi connectivity index (χ3v) is 21.7. The number of thiol groups is 1. The first kappa shape index (κ1) is 11.6. The Labute approximate surface area is 168 Å². The second-order valence-corrected chi connectivity index (χ2v) is 16.0. The molecule has 11 aliphatic carbocycles. The first-order chi connectivity index (χ1) is 11.0. The standard InChI is InChI=1S/C20H18I2S/c21-19-9-5-13-2-1-7(13)10-12-11-8-3-6-4-14(23)15(6,8)18(11,20(14,19)22)17(12,19)16(9,10)13/h6-12,23H,1-5H2. The highest BCUT2D eigenvalue weighted by molar-refractivity contribution is 14.1. The smallest absolute Gasteiger partial charge is 0.0597 e. The van der Waals surface area contributed by atoms with Crippen LogP contribution in [0.2, 0.25) is 0 Å². The van der Waals surface area contributed by atoms with E-state index in [1.54, 1.807) is 25.7 Å². The molecule has 0 amide bonds. The molecule has 0 aliphatic heterocycles. The normalized spacial score (nSPS) is 105. The number of rotatable bonds is 0. The number of hydrogen-bond acceptors (Lipinski definition) is 1. The Hall–Kier alpha value is 1.81. The molecule has 0 nitrogen and oxygen atoms in total. The molecule has 0 radical (unpaired) electrons. The van der Waals surface area contributed by atoms with Gasteiger partial charge in [-0.05, 0) is 84.4 Å². The van der Waals surface area contributed by atoms with Crippen molar-refractivity contribution in [3.8, 4) is 0 Å². The molecule has 23 heavy (non-hydrogen) atoms. The van der Waals surface area contributed by atoms with E-state index in [0.29, 0.717) is 11.6 Å². The van der Waals surface area contributed by atoms with Crippen molar-refractivity contribution in [3.63, 3.8) is 0 Å². The molecule has 11 rings (SSSR count). The van der Waals surface area contributed by atoms with E-state index >= 15 is 0 Å². The fraction of sp³-hybridized carbons (Fsp3) is 1.00. The highest BCUT2D eigenvalue weighted by Crippen LogP contribution is 3.30. The number of halogens is 2. The molecule has 3 heteroatoms. The van der Waals surface area contributed by atoms with Crippen molar-refractivity contribution in [2.45, 2.75) is 43.7 Å². The molecular formula is C20H18I2S. The zero-order valence-electron chi connectivity index (χ0n) is 12.8. The average Bonchev–Trinajstić information content (AvgIpc) is 2.44. The maximum Gasteiger partial charge on any atom is 0.0597 e. The molecule has 118 valence electrons. The van der Waals surface area contributed by atoms with E-state index in [-0.39, 0.29) is 0 Å². The van der Waals surface area contributed by atoms with E-state index in [1.165, 1.54) is 30.1 Å². The first-order valence-corrected chi connectivity index (χ1v) is 12.7. The molecule has 0 N–H and O–H groups in total. The summed E-state index contributed by atoms with van der Waals surface area (Å²) >= 11 is 11.7. The summed E-state index contributed by atoms with van der Waals surface area (Å²) in [6, 6.07) is 0. The van der Waals surface area contributed by atoms with E-state index in [2.05, 4.69) is 45.2 Å². The molecule has 0 saturated heterocycles. The van der Waals surface area contributed by atoms with Crippen LogP contribution < -0.4 is 0 Å². The van der Waals surface area contributed by atoms with Crippen LogP contribution in [0.3, 0.4) is 0 Å². The van der Waals surface area contributed by atoms with Gasteiger partial charge in [-0.3, -0.25) is 0 Å². The fourth-order valence-corrected chi connectivity index (χ4v) is 22.4. The van der Waals surface area contributed by atoms with Crippen molar-refractivity contribution in [1.82, 2.24) is 0 Å². The second-order valence-electron chi connectivity index (χ2n) is 12.0. The Morgan fingerprint density at radius 1 is 0.913 bits per heavy atom. The lowest BCUT2D eigenvalue weighted by molar-refractivity contribution is -0.769. The molecule has 0 aromatic rings. The van der Waals surface area contributed by atoms with E-state index in [1.807, 2.05) is 0 Å². The maximum atomic E-state index is 5.55. The second kappa shape index (κ2) is 2.16. The van der Waals surface area contributed by atoms with Gasteiger partial charge in [-0.15, -0.1) is 0 Å². The highest BCUT2D eigenvalue weighted by atomic mass is 127. The molecular weight excluding hydrogens is 526 g/mol. The third kappa shape index (κ3) is 0.407. The largest absolute Gasteiger partial charge is 0.170 e. The molecule has 15 unspecified atom stereocenters. The topological polar surface area (TPSA) is 0 Å². The van der Waals surface area contributed by atoms with E-state index < -0.39 is 0 Å². The fourth-order valence-electron chi connectivity index (χ4n) is 15.6. The predicted molar refractivity (Wildman–Crippen MR) is 105 cm³/mol. The van der Waals surface area contributed by atoms with Gasteiger partial charge in [0.05, 0.1) is 3.42 Å². The van der Waals surface area contributed by atoms with Gasteiger partial charge in [-0.2, -0.15) is 12.6 Å². The van der Waals surface area contributed by atoms with Gasteiger partial charge in [-0.1, -0.05) is 45.2 Å². The number of hydrogen-bond donors (Lipinski definition) is 1. The zero-order chi connectivity index (χ0) is 14.6. The quantitative estimate of drug-likeness (QED) is 0.262. The summed E-state index contributed by atoms with van der Waals surface area (Å²) in [5, 5.41) is 0. The summed E-state index contributed by atoms with van der Waals surface area (Å²) in [5.74, 6) is 8.33. The Morgan fingerprint density at radius 3 is 2.52 bits per heavy atom. The minimum absolute atomic E-state index is 0.472. The summed E-state index contributed by atoms with van der Waals surface area (Å²) in [6.07, 6.45) is 8.05. The summed E-state index contributed by atoms with van der Waals surface area (Å²) < 4.78 is 1.78. The molecule has 15 atom stereocenters. The Kier molecular flexibility index (Phi) is 1.09. The lowest BCUT2D eigenvalue weighted by atomic mass is 8.77. The Morgan fingerprint density at radius 2 is 1.78 bits per heavy atom. The van der Waals surface area contributed by atoms with Crippen LogP contribution in [-0.4, -0.2) is 11.6 Å². The predicted octanol–water partition coefficient (Wildman–Crippen LogP) is 4.35. The van der Waals surface area contributed by atoms with Gasteiger partial charge in [0.1, 0.15) is 0 Å². The Bertz CT molecular complexity index is 935. The van der Waals surface area contributed by atoms with E-state index in [9.17, 15) is 0 Å². The van der Waals surface area contributed by atoms with Crippen molar-refractivity contribution in [3.05, 3.63) is 0 Å². The molecule has 11 aliphatic rings. The zero-order valence-corrected chi connectivity index (χ0v) is 18.0. The van der Waals surface area contributed by atoms with Gasteiger partial charge in [0.2, 0.25) is 0 Å². The van der Waals surface area contributed by atoms with Crippen LogP contribution in [0.25, 0.3) is 0 Å².